The largest absolute Gasteiger partial charge is 0.478 e. The lowest BCUT2D eigenvalue weighted by Gasteiger charge is -2.36. The number of carboxylic acid groups (broad SMARTS) is 1. The van der Waals surface area contributed by atoms with Crippen molar-refractivity contribution in [2.45, 2.75) is 12.5 Å². The van der Waals surface area contributed by atoms with Crippen molar-refractivity contribution in [3.05, 3.63) is 107 Å². The fourth-order valence-electron chi connectivity index (χ4n) is 5.25. The fraction of sp³-hybridized carbons (Fsp3) is 0.133. The number of carboxylic acids is 1. The Morgan fingerprint density at radius 3 is 2.67 bits per heavy atom. The third kappa shape index (κ3) is 5.78. The molecule has 2 amide bonds. The van der Waals surface area contributed by atoms with Gasteiger partial charge in [-0.1, -0.05) is 29.8 Å². The number of halogens is 2. The second kappa shape index (κ2) is 12.1. The molecule has 2 N–H and O–H groups in total. The van der Waals surface area contributed by atoms with Gasteiger partial charge in [-0.15, -0.1) is 5.10 Å². The van der Waals surface area contributed by atoms with Crippen molar-refractivity contribution in [1.82, 2.24) is 39.9 Å². The third-order valence-electron chi connectivity index (χ3n) is 7.33. The quantitative estimate of drug-likeness (QED) is 0.256. The number of aryl methyl sites for hydroxylation is 1. The summed E-state index contributed by atoms with van der Waals surface area (Å²) in [5, 5.41) is 27.0. The summed E-state index contributed by atoms with van der Waals surface area (Å²) >= 11 is 6.04. The van der Waals surface area contributed by atoms with Gasteiger partial charge in [0.15, 0.2) is 5.82 Å². The van der Waals surface area contributed by atoms with E-state index < -0.39 is 29.6 Å². The first kappa shape index (κ1) is 29.3. The van der Waals surface area contributed by atoms with Crippen LogP contribution in [0.5, 0.6) is 0 Å². The van der Waals surface area contributed by atoms with Gasteiger partial charge in [-0.2, -0.15) is 9.78 Å². The van der Waals surface area contributed by atoms with Crippen LogP contribution >= 0.6 is 11.6 Å². The average molecular weight is 628 g/mol. The Morgan fingerprint density at radius 1 is 1.13 bits per heavy atom. The Hall–Kier alpha value is -5.76. The SMILES string of the molecule is Cn1cc(-c2cccc3c2CCN(C(=O)/C=C/c2c(-n4cnnn4)ccc(Cl)c2F)C3C(=O)Nc2ccc(C(=O)O)cn2)cn1. The van der Waals surface area contributed by atoms with E-state index in [0.717, 1.165) is 22.9 Å². The summed E-state index contributed by atoms with van der Waals surface area (Å²) in [5.74, 6) is -2.96. The zero-order chi connectivity index (χ0) is 31.7. The number of hydrogen-bond acceptors (Lipinski definition) is 8. The molecule has 1 atom stereocenters. The van der Waals surface area contributed by atoms with E-state index in [1.165, 1.54) is 52.3 Å². The second-order valence-corrected chi connectivity index (χ2v) is 10.5. The van der Waals surface area contributed by atoms with E-state index in [1.54, 1.807) is 30.1 Å². The van der Waals surface area contributed by atoms with Crippen molar-refractivity contribution < 1.29 is 23.9 Å². The van der Waals surface area contributed by atoms with E-state index in [1.807, 2.05) is 12.3 Å². The molecule has 0 fully saturated rings. The Bertz CT molecular complexity index is 1960. The first-order valence-corrected chi connectivity index (χ1v) is 13.9. The summed E-state index contributed by atoms with van der Waals surface area (Å²) in [6, 6.07) is 9.94. The van der Waals surface area contributed by atoms with E-state index >= 15 is 4.39 Å². The average Bonchev–Trinajstić information content (AvgIpc) is 3.73. The first-order valence-electron chi connectivity index (χ1n) is 13.5. The van der Waals surface area contributed by atoms with Gasteiger partial charge >= 0.3 is 5.97 Å². The van der Waals surface area contributed by atoms with Crippen LogP contribution in [0.2, 0.25) is 5.02 Å². The number of hydrogen-bond donors (Lipinski definition) is 2. The minimum Gasteiger partial charge on any atom is -0.478 e. The van der Waals surface area contributed by atoms with Crippen LogP contribution in [0.4, 0.5) is 10.2 Å². The molecule has 4 heterocycles. The molecule has 0 radical (unpaired) electrons. The molecule has 2 aromatic carbocycles. The van der Waals surface area contributed by atoms with E-state index in [4.69, 9.17) is 11.6 Å². The Morgan fingerprint density at radius 2 is 1.98 bits per heavy atom. The van der Waals surface area contributed by atoms with Crippen LogP contribution < -0.4 is 5.32 Å². The summed E-state index contributed by atoms with van der Waals surface area (Å²) in [6.45, 7) is 0.162. The molecule has 1 unspecified atom stereocenters. The van der Waals surface area contributed by atoms with Gasteiger partial charge in [0, 0.05) is 43.2 Å². The number of fused-ring (bicyclic) bond motifs is 1. The van der Waals surface area contributed by atoms with Gasteiger partial charge in [0.25, 0.3) is 5.91 Å². The van der Waals surface area contributed by atoms with Gasteiger partial charge < -0.3 is 15.3 Å². The number of carbonyl (C=O) groups excluding carboxylic acids is 2. The molecule has 13 nitrogen and oxygen atoms in total. The van der Waals surface area contributed by atoms with Gasteiger partial charge in [0.2, 0.25) is 5.91 Å². The predicted octanol–water partition coefficient (Wildman–Crippen LogP) is 3.73. The predicted molar refractivity (Wildman–Crippen MR) is 160 cm³/mol. The highest BCUT2D eigenvalue weighted by atomic mass is 35.5. The summed E-state index contributed by atoms with van der Waals surface area (Å²) < 4.78 is 18.1. The molecule has 0 saturated carbocycles. The van der Waals surface area contributed by atoms with Crippen LogP contribution in [0.15, 0.2) is 73.5 Å². The molecule has 6 rings (SSSR count). The number of benzene rings is 2. The van der Waals surface area contributed by atoms with Gasteiger partial charge in [-0.25, -0.2) is 14.2 Å². The summed E-state index contributed by atoms with van der Waals surface area (Å²) in [6.07, 6.45) is 8.85. The van der Waals surface area contributed by atoms with Crippen molar-refractivity contribution in [3.63, 3.8) is 0 Å². The number of aromatic nitrogens is 7. The number of amides is 2. The summed E-state index contributed by atoms with van der Waals surface area (Å²) in [4.78, 5) is 44.4. The fourth-order valence-corrected chi connectivity index (χ4v) is 5.41. The number of nitrogens with zero attached hydrogens (tertiary/aromatic N) is 8. The van der Waals surface area contributed by atoms with Crippen molar-refractivity contribution >= 4 is 41.3 Å². The van der Waals surface area contributed by atoms with E-state index in [2.05, 4.69) is 30.9 Å². The van der Waals surface area contributed by atoms with E-state index in [9.17, 15) is 19.5 Å². The number of nitrogens with one attached hydrogen (secondary N) is 1. The maximum Gasteiger partial charge on any atom is 0.337 e. The zero-order valence-corrected chi connectivity index (χ0v) is 24.3. The maximum absolute atomic E-state index is 15.2. The number of tetrazole rings is 1. The smallest absolute Gasteiger partial charge is 0.337 e. The molecule has 226 valence electrons. The second-order valence-electron chi connectivity index (χ2n) is 10.1. The van der Waals surface area contributed by atoms with Crippen LogP contribution in [0.3, 0.4) is 0 Å². The zero-order valence-electron chi connectivity index (χ0n) is 23.5. The molecule has 15 heteroatoms. The number of rotatable bonds is 7. The molecule has 5 aromatic rings. The molecule has 0 spiro atoms. The molecule has 1 aliphatic heterocycles. The number of aromatic carboxylic acids is 1. The van der Waals surface area contributed by atoms with Crippen molar-refractivity contribution in [2.24, 2.45) is 7.05 Å². The molecular formula is C30H23ClFN9O4. The lowest BCUT2D eigenvalue weighted by Crippen LogP contribution is -2.45. The molecule has 0 saturated heterocycles. The highest BCUT2D eigenvalue weighted by Crippen LogP contribution is 2.37. The van der Waals surface area contributed by atoms with Gasteiger partial charge in [0.1, 0.15) is 18.2 Å². The maximum atomic E-state index is 15.2. The highest BCUT2D eigenvalue weighted by Gasteiger charge is 2.36. The van der Waals surface area contributed by atoms with Gasteiger partial charge in [-0.3, -0.25) is 14.3 Å². The molecular weight excluding hydrogens is 605 g/mol. The van der Waals surface area contributed by atoms with Crippen molar-refractivity contribution in [1.29, 1.82) is 0 Å². The van der Waals surface area contributed by atoms with Gasteiger partial charge in [-0.05, 0) is 63.9 Å². The minimum atomic E-state index is -1.16. The van der Waals surface area contributed by atoms with E-state index in [-0.39, 0.29) is 34.2 Å². The number of pyridine rings is 1. The number of carbonyl (C=O) groups is 3. The third-order valence-corrected chi connectivity index (χ3v) is 7.62. The molecule has 0 bridgehead atoms. The normalized spacial score (nSPS) is 14.4. The Kier molecular flexibility index (Phi) is 7.87. The topological polar surface area (TPSA) is 161 Å². The lowest BCUT2D eigenvalue weighted by molar-refractivity contribution is -0.135. The number of anilines is 1. The van der Waals surface area contributed by atoms with Crippen LogP contribution in [0, 0.1) is 5.82 Å². The van der Waals surface area contributed by atoms with E-state index in [0.29, 0.717) is 12.0 Å². The Labute approximate surface area is 259 Å². The van der Waals surface area contributed by atoms with Crippen molar-refractivity contribution in [3.8, 4) is 16.8 Å². The van der Waals surface area contributed by atoms with Crippen molar-refractivity contribution in [2.75, 3.05) is 11.9 Å². The van der Waals surface area contributed by atoms with Gasteiger partial charge in [0.05, 0.1) is 22.5 Å². The lowest BCUT2D eigenvalue weighted by atomic mass is 9.86. The Balaban J connectivity index is 1.38. The van der Waals surface area contributed by atoms with Crippen LogP contribution in [0.1, 0.15) is 33.1 Å². The molecule has 45 heavy (non-hydrogen) atoms. The highest BCUT2D eigenvalue weighted by molar-refractivity contribution is 6.31. The summed E-state index contributed by atoms with van der Waals surface area (Å²) in [5.41, 5.74) is 3.36. The van der Waals surface area contributed by atoms with Crippen LogP contribution in [-0.2, 0) is 23.1 Å². The monoisotopic (exact) mass is 627 g/mol. The summed E-state index contributed by atoms with van der Waals surface area (Å²) in [7, 11) is 1.80. The van der Waals surface area contributed by atoms with Crippen LogP contribution in [-0.4, -0.2) is 69.3 Å². The molecule has 0 aliphatic carbocycles. The minimum absolute atomic E-state index is 0.0249. The van der Waals surface area contributed by atoms with Crippen LogP contribution in [0.25, 0.3) is 22.9 Å². The molecule has 1 aliphatic rings. The standard InChI is InChI=1S/C30H23ClFN9O4/c1-39-15-18(14-35-39)19-3-2-4-21-20(19)11-12-40(28(21)29(43)36-25-9-5-17(13-33-25)30(44)45)26(42)10-6-22-24(41-16-34-37-38-41)8-7-23(31)27(22)32/h2-10,13-16,28H,11-12H2,1H3,(H,44,45)(H,33,36,43)/b10-6+. The molecule has 3 aromatic heterocycles. The first-order chi connectivity index (χ1) is 21.7.